The lowest BCUT2D eigenvalue weighted by molar-refractivity contribution is -0.119. The van der Waals surface area contributed by atoms with Gasteiger partial charge in [0.1, 0.15) is 0 Å². The summed E-state index contributed by atoms with van der Waals surface area (Å²) in [4.78, 5) is 23.8. The molecule has 7 nitrogen and oxygen atoms in total. The van der Waals surface area contributed by atoms with Gasteiger partial charge in [-0.2, -0.15) is 0 Å². The third-order valence-corrected chi connectivity index (χ3v) is 3.33. The van der Waals surface area contributed by atoms with E-state index < -0.39 is 11.9 Å². The van der Waals surface area contributed by atoms with E-state index in [1.54, 1.807) is 12.4 Å². The molecule has 0 radical (unpaired) electrons. The molecular formula is C12H20N6O. The summed E-state index contributed by atoms with van der Waals surface area (Å²) in [7, 11) is 0. The molecule has 0 bridgehead atoms. The van der Waals surface area contributed by atoms with Crippen molar-refractivity contribution >= 4 is 11.9 Å². The minimum atomic E-state index is -0.546. The van der Waals surface area contributed by atoms with Crippen molar-refractivity contribution in [2.45, 2.75) is 12.5 Å². The summed E-state index contributed by atoms with van der Waals surface area (Å²) in [6.07, 6.45) is 4.11. The molecule has 2 rings (SSSR count). The predicted octanol–water partition coefficient (Wildman–Crippen LogP) is -1.20. The second-order valence-electron chi connectivity index (χ2n) is 4.68. The molecule has 0 saturated carbocycles. The highest BCUT2D eigenvalue weighted by molar-refractivity contribution is 5.79. The normalized spacial score (nSPS) is 18.3. The van der Waals surface area contributed by atoms with Gasteiger partial charge in [-0.15, -0.1) is 0 Å². The molecule has 1 aromatic rings. The SMILES string of the molecule is NC(=O)C(N)CCN1CCN(c2ncccn2)CC1. The van der Waals surface area contributed by atoms with E-state index in [-0.39, 0.29) is 0 Å². The van der Waals surface area contributed by atoms with Gasteiger partial charge in [0, 0.05) is 45.1 Å². The van der Waals surface area contributed by atoms with Gasteiger partial charge in [0.15, 0.2) is 0 Å². The summed E-state index contributed by atoms with van der Waals surface area (Å²) in [6.45, 7) is 4.41. The number of hydrogen-bond donors (Lipinski definition) is 2. The quantitative estimate of drug-likeness (QED) is 0.693. The monoisotopic (exact) mass is 264 g/mol. The van der Waals surface area contributed by atoms with Gasteiger partial charge in [0.05, 0.1) is 6.04 Å². The minimum absolute atomic E-state index is 0.434. The zero-order chi connectivity index (χ0) is 13.7. The Hall–Kier alpha value is -1.73. The fourth-order valence-electron chi connectivity index (χ4n) is 2.09. The molecule has 0 aromatic carbocycles. The number of primary amides is 1. The molecule has 0 spiro atoms. The van der Waals surface area contributed by atoms with E-state index in [0.29, 0.717) is 6.42 Å². The zero-order valence-electron chi connectivity index (χ0n) is 10.9. The van der Waals surface area contributed by atoms with E-state index in [4.69, 9.17) is 11.5 Å². The van der Waals surface area contributed by atoms with E-state index >= 15 is 0 Å². The van der Waals surface area contributed by atoms with E-state index in [0.717, 1.165) is 38.7 Å². The van der Waals surface area contributed by atoms with Crippen molar-refractivity contribution in [1.29, 1.82) is 0 Å². The van der Waals surface area contributed by atoms with Crippen LogP contribution in [0.2, 0.25) is 0 Å². The molecule has 1 unspecified atom stereocenters. The Morgan fingerprint density at radius 1 is 1.26 bits per heavy atom. The van der Waals surface area contributed by atoms with Gasteiger partial charge < -0.3 is 16.4 Å². The number of aromatic nitrogens is 2. The van der Waals surface area contributed by atoms with Gasteiger partial charge in [-0.1, -0.05) is 0 Å². The van der Waals surface area contributed by atoms with Gasteiger partial charge >= 0.3 is 0 Å². The highest BCUT2D eigenvalue weighted by atomic mass is 16.1. The lowest BCUT2D eigenvalue weighted by Gasteiger charge is -2.34. The fraction of sp³-hybridized carbons (Fsp3) is 0.583. The van der Waals surface area contributed by atoms with E-state index in [2.05, 4.69) is 19.8 Å². The van der Waals surface area contributed by atoms with Crippen LogP contribution in [-0.4, -0.2) is 59.5 Å². The van der Waals surface area contributed by atoms with Gasteiger partial charge in [-0.3, -0.25) is 9.69 Å². The number of hydrogen-bond acceptors (Lipinski definition) is 6. The summed E-state index contributed by atoms with van der Waals surface area (Å²) in [5.74, 6) is 0.340. The van der Waals surface area contributed by atoms with Crippen LogP contribution in [0.4, 0.5) is 5.95 Å². The molecule has 1 aliphatic rings. The lowest BCUT2D eigenvalue weighted by atomic mass is 10.2. The van der Waals surface area contributed by atoms with Crippen LogP contribution in [0.15, 0.2) is 18.5 Å². The number of piperazine rings is 1. The van der Waals surface area contributed by atoms with E-state index in [1.165, 1.54) is 0 Å². The first-order valence-corrected chi connectivity index (χ1v) is 6.46. The maximum atomic E-state index is 10.9. The van der Waals surface area contributed by atoms with E-state index in [9.17, 15) is 4.79 Å². The third kappa shape index (κ3) is 3.87. The Kier molecular flexibility index (Phi) is 4.64. The van der Waals surface area contributed by atoms with Crippen LogP contribution in [0, 0.1) is 0 Å². The van der Waals surface area contributed by atoms with Crippen LogP contribution in [0.1, 0.15) is 6.42 Å². The number of amides is 1. The maximum absolute atomic E-state index is 10.9. The van der Waals surface area contributed by atoms with Crippen molar-refractivity contribution in [2.75, 3.05) is 37.6 Å². The summed E-state index contributed by atoms with van der Waals surface area (Å²) in [5, 5.41) is 0. The molecule has 1 fully saturated rings. The molecule has 1 saturated heterocycles. The largest absolute Gasteiger partial charge is 0.368 e. The van der Waals surface area contributed by atoms with Gasteiger partial charge in [0.25, 0.3) is 0 Å². The molecule has 7 heteroatoms. The highest BCUT2D eigenvalue weighted by Gasteiger charge is 2.19. The Morgan fingerprint density at radius 2 is 1.89 bits per heavy atom. The van der Waals surface area contributed by atoms with Crippen molar-refractivity contribution in [3.63, 3.8) is 0 Å². The molecule has 0 aliphatic carbocycles. The van der Waals surface area contributed by atoms with Gasteiger partial charge in [-0.05, 0) is 12.5 Å². The topological polar surface area (TPSA) is 101 Å². The summed E-state index contributed by atoms with van der Waals surface area (Å²) in [5.41, 5.74) is 10.8. The zero-order valence-corrected chi connectivity index (χ0v) is 10.9. The molecular weight excluding hydrogens is 244 g/mol. The van der Waals surface area contributed by atoms with Crippen LogP contribution in [0.25, 0.3) is 0 Å². The van der Waals surface area contributed by atoms with Gasteiger partial charge in [-0.25, -0.2) is 9.97 Å². The summed E-state index contributed by atoms with van der Waals surface area (Å²) in [6, 6.07) is 1.26. The molecule has 1 aromatic heterocycles. The average Bonchev–Trinajstić information content (AvgIpc) is 2.46. The van der Waals surface area contributed by atoms with Crippen LogP contribution < -0.4 is 16.4 Å². The van der Waals surface area contributed by atoms with Crippen molar-refractivity contribution in [3.8, 4) is 0 Å². The third-order valence-electron chi connectivity index (χ3n) is 3.33. The molecule has 1 amide bonds. The summed E-state index contributed by atoms with van der Waals surface area (Å²) < 4.78 is 0. The van der Waals surface area contributed by atoms with Crippen molar-refractivity contribution in [1.82, 2.24) is 14.9 Å². The van der Waals surface area contributed by atoms with Crippen LogP contribution in [0.5, 0.6) is 0 Å². The molecule has 1 aliphatic heterocycles. The number of carbonyl (C=O) groups is 1. The Labute approximate surface area is 112 Å². The predicted molar refractivity (Wildman–Crippen MR) is 72.5 cm³/mol. The molecule has 104 valence electrons. The standard InChI is InChI=1S/C12H20N6O/c13-10(11(14)19)2-5-17-6-8-18(9-7-17)12-15-3-1-4-16-12/h1,3-4,10H,2,5-9,13H2,(H2,14,19). The van der Waals surface area contributed by atoms with Crippen LogP contribution >= 0.6 is 0 Å². The Balaban J connectivity index is 1.75. The Morgan fingerprint density at radius 3 is 2.47 bits per heavy atom. The molecule has 2 heterocycles. The number of anilines is 1. The molecule has 1 atom stereocenters. The average molecular weight is 264 g/mol. The molecule has 4 N–H and O–H groups in total. The first kappa shape index (κ1) is 13.7. The number of carbonyl (C=O) groups excluding carboxylic acids is 1. The van der Waals surface area contributed by atoms with Crippen molar-refractivity contribution in [2.24, 2.45) is 11.5 Å². The second kappa shape index (κ2) is 6.44. The number of nitrogens with zero attached hydrogens (tertiary/aromatic N) is 4. The Bertz CT molecular complexity index is 404. The number of nitrogens with two attached hydrogens (primary N) is 2. The van der Waals surface area contributed by atoms with Gasteiger partial charge in [0.2, 0.25) is 11.9 Å². The first-order valence-electron chi connectivity index (χ1n) is 6.46. The van der Waals surface area contributed by atoms with Crippen molar-refractivity contribution in [3.05, 3.63) is 18.5 Å². The molecule has 19 heavy (non-hydrogen) atoms. The summed E-state index contributed by atoms with van der Waals surface area (Å²) >= 11 is 0. The van der Waals surface area contributed by atoms with Crippen molar-refractivity contribution < 1.29 is 4.79 Å². The van der Waals surface area contributed by atoms with Crippen LogP contribution in [0.3, 0.4) is 0 Å². The first-order chi connectivity index (χ1) is 9.16. The highest BCUT2D eigenvalue weighted by Crippen LogP contribution is 2.09. The second-order valence-corrected chi connectivity index (χ2v) is 4.68. The van der Waals surface area contributed by atoms with Crippen LogP contribution in [-0.2, 0) is 4.79 Å². The smallest absolute Gasteiger partial charge is 0.234 e. The lowest BCUT2D eigenvalue weighted by Crippen LogP contribution is -2.48. The minimum Gasteiger partial charge on any atom is -0.368 e. The fourth-order valence-corrected chi connectivity index (χ4v) is 2.09. The maximum Gasteiger partial charge on any atom is 0.234 e. The number of rotatable bonds is 5. The van der Waals surface area contributed by atoms with E-state index in [1.807, 2.05) is 6.07 Å².